The van der Waals surface area contributed by atoms with Gasteiger partial charge < -0.3 is 10.2 Å². The van der Waals surface area contributed by atoms with Crippen molar-refractivity contribution in [3.05, 3.63) is 16.1 Å². The van der Waals surface area contributed by atoms with E-state index in [9.17, 15) is 9.59 Å². The number of hydrogen-bond acceptors (Lipinski definition) is 5. The normalized spacial score (nSPS) is 24.8. The van der Waals surface area contributed by atoms with E-state index in [1.807, 2.05) is 12.3 Å². The number of piperidine rings is 2. The molecule has 0 unspecified atom stereocenters. The molecule has 0 bridgehead atoms. The molecule has 3 aliphatic rings. The molecule has 1 aromatic rings. The van der Waals surface area contributed by atoms with Gasteiger partial charge in [-0.2, -0.15) is 0 Å². The van der Waals surface area contributed by atoms with E-state index < -0.39 is 0 Å². The highest BCUT2D eigenvalue weighted by atomic mass is 32.1. The number of hydrogen-bond donors (Lipinski definition) is 1. The molecule has 2 saturated heterocycles. The van der Waals surface area contributed by atoms with Crippen LogP contribution in [0.2, 0.25) is 0 Å². The van der Waals surface area contributed by atoms with Crippen molar-refractivity contribution in [2.45, 2.75) is 58.0 Å². The van der Waals surface area contributed by atoms with E-state index in [4.69, 9.17) is 0 Å². The first-order valence-electron chi connectivity index (χ1n) is 10.3. The maximum atomic E-state index is 12.6. The minimum atomic E-state index is 0.0737. The van der Waals surface area contributed by atoms with E-state index >= 15 is 0 Å². The monoisotopic (exact) mass is 390 g/mol. The summed E-state index contributed by atoms with van der Waals surface area (Å²) < 4.78 is 0. The molecule has 1 atom stereocenters. The Morgan fingerprint density at radius 3 is 2.59 bits per heavy atom. The lowest BCUT2D eigenvalue weighted by molar-refractivity contribution is -0.134. The fourth-order valence-electron chi connectivity index (χ4n) is 4.40. The Balaban J connectivity index is 1.24. The Labute approximate surface area is 165 Å². The number of amides is 2. The number of aromatic nitrogens is 1. The minimum Gasteiger partial charge on any atom is -0.350 e. The summed E-state index contributed by atoms with van der Waals surface area (Å²) in [6.45, 7) is 6.21. The van der Waals surface area contributed by atoms with Crippen LogP contribution in [0.15, 0.2) is 5.38 Å². The summed E-state index contributed by atoms with van der Waals surface area (Å²) in [5, 5.41) is 6.12. The first kappa shape index (κ1) is 18.9. The highest BCUT2D eigenvalue weighted by Crippen LogP contribution is 2.32. The molecule has 1 saturated carbocycles. The van der Waals surface area contributed by atoms with Gasteiger partial charge in [0, 0.05) is 37.0 Å². The van der Waals surface area contributed by atoms with E-state index in [1.54, 1.807) is 11.3 Å². The molecule has 0 radical (unpaired) electrons. The quantitative estimate of drug-likeness (QED) is 0.837. The number of nitrogens with one attached hydrogen (secondary N) is 1. The zero-order valence-corrected chi connectivity index (χ0v) is 17.0. The molecule has 1 aliphatic carbocycles. The average Bonchev–Trinajstić information content (AvgIpc) is 3.47. The fourth-order valence-corrected chi connectivity index (χ4v) is 5.02. The Hall–Kier alpha value is -1.47. The van der Waals surface area contributed by atoms with Gasteiger partial charge in [-0.15, -0.1) is 11.3 Å². The lowest BCUT2D eigenvalue weighted by Crippen LogP contribution is -2.51. The van der Waals surface area contributed by atoms with Gasteiger partial charge in [0.05, 0.1) is 23.2 Å². The summed E-state index contributed by atoms with van der Waals surface area (Å²) in [7, 11) is 0. The smallest absolute Gasteiger partial charge is 0.225 e. The van der Waals surface area contributed by atoms with Crippen molar-refractivity contribution in [2.75, 3.05) is 26.2 Å². The van der Waals surface area contributed by atoms with Crippen LogP contribution in [0, 0.1) is 18.8 Å². The van der Waals surface area contributed by atoms with Gasteiger partial charge >= 0.3 is 0 Å². The third-order valence-electron chi connectivity index (χ3n) is 6.15. The molecule has 6 nitrogen and oxygen atoms in total. The molecule has 2 aliphatic heterocycles. The number of carbonyl (C=O) groups is 2. The first-order valence-corrected chi connectivity index (χ1v) is 11.2. The second-order valence-electron chi connectivity index (χ2n) is 8.24. The molecular weight excluding hydrogens is 360 g/mol. The van der Waals surface area contributed by atoms with Crippen molar-refractivity contribution >= 4 is 23.2 Å². The predicted octanol–water partition coefficient (Wildman–Crippen LogP) is 2.18. The summed E-state index contributed by atoms with van der Waals surface area (Å²) in [6.07, 6.45) is 6.31. The Morgan fingerprint density at radius 1 is 1.15 bits per heavy atom. The van der Waals surface area contributed by atoms with Crippen molar-refractivity contribution in [1.82, 2.24) is 20.1 Å². The largest absolute Gasteiger partial charge is 0.350 e. The van der Waals surface area contributed by atoms with Crippen LogP contribution in [0.4, 0.5) is 0 Å². The standard InChI is InChI=1S/C20H30N4O2S/c1-14-22-17(13-27-14)11-21-19(25)16-3-2-8-24(12-16)18-6-9-23(10-7-18)20(26)15-4-5-15/h13,15-16,18H,2-12H2,1H3,(H,21,25)/t16-/m0/s1. The van der Waals surface area contributed by atoms with Gasteiger partial charge in [0.2, 0.25) is 11.8 Å². The molecular formula is C20H30N4O2S. The molecule has 1 N–H and O–H groups in total. The van der Waals surface area contributed by atoms with Crippen LogP contribution in [0.25, 0.3) is 0 Å². The molecule has 1 aromatic heterocycles. The highest BCUT2D eigenvalue weighted by molar-refractivity contribution is 7.09. The van der Waals surface area contributed by atoms with Gasteiger partial charge in [0.15, 0.2) is 0 Å². The number of nitrogens with zero attached hydrogens (tertiary/aromatic N) is 3. The topological polar surface area (TPSA) is 65.5 Å². The van der Waals surface area contributed by atoms with E-state index in [0.717, 1.165) is 75.4 Å². The van der Waals surface area contributed by atoms with Crippen molar-refractivity contribution in [3.63, 3.8) is 0 Å². The molecule has 27 heavy (non-hydrogen) atoms. The molecule has 2 amide bonds. The maximum Gasteiger partial charge on any atom is 0.225 e. The average molecular weight is 391 g/mol. The maximum absolute atomic E-state index is 12.6. The van der Waals surface area contributed by atoms with Crippen LogP contribution in [0.3, 0.4) is 0 Å². The zero-order valence-electron chi connectivity index (χ0n) is 16.2. The van der Waals surface area contributed by atoms with Crippen LogP contribution >= 0.6 is 11.3 Å². The minimum absolute atomic E-state index is 0.0737. The number of rotatable bonds is 5. The summed E-state index contributed by atoms with van der Waals surface area (Å²) in [5.41, 5.74) is 0.950. The first-order chi connectivity index (χ1) is 13.1. The summed E-state index contributed by atoms with van der Waals surface area (Å²) in [4.78, 5) is 33.8. The van der Waals surface area contributed by atoms with Gasteiger partial charge in [0.1, 0.15) is 0 Å². The molecule has 3 heterocycles. The number of carbonyl (C=O) groups excluding carboxylic acids is 2. The molecule has 148 valence electrons. The second kappa shape index (κ2) is 8.27. The van der Waals surface area contributed by atoms with Crippen molar-refractivity contribution in [3.8, 4) is 0 Å². The Morgan fingerprint density at radius 2 is 1.93 bits per heavy atom. The predicted molar refractivity (Wildman–Crippen MR) is 105 cm³/mol. The zero-order chi connectivity index (χ0) is 18.8. The molecule has 3 fully saturated rings. The summed E-state index contributed by atoms with van der Waals surface area (Å²) in [6, 6.07) is 0.519. The van der Waals surface area contributed by atoms with E-state index in [-0.39, 0.29) is 11.8 Å². The van der Waals surface area contributed by atoms with E-state index in [1.165, 1.54) is 0 Å². The summed E-state index contributed by atoms with van der Waals surface area (Å²) in [5.74, 6) is 0.934. The van der Waals surface area contributed by atoms with Gasteiger partial charge in [-0.1, -0.05) is 0 Å². The molecule has 0 aromatic carbocycles. The van der Waals surface area contributed by atoms with Crippen LogP contribution in [0.1, 0.15) is 49.2 Å². The van der Waals surface area contributed by atoms with Gasteiger partial charge in [-0.3, -0.25) is 14.5 Å². The highest BCUT2D eigenvalue weighted by Gasteiger charge is 2.37. The number of likely N-dealkylation sites (tertiary alicyclic amines) is 2. The van der Waals surface area contributed by atoms with Crippen LogP contribution < -0.4 is 5.32 Å². The van der Waals surface area contributed by atoms with Crippen LogP contribution in [-0.4, -0.2) is 58.8 Å². The van der Waals surface area contributed by atoms with E-state index in [0.29, 0.717) is 24.4 Å². The van der Waals surface area contributed by atoms with Gasteiger partial charge in [0.25, 0.3) is 0 Å². The van der Waals surface area contributed by atoms with Crippen LogP contribution in [0.5, 0.6) is 0 Å². The molecule has 0 spiro atoms. The SMILES string of the molecule is Cc1nc(CNC(=O)[C@H]2CCCN(C3CCN(C(=O)C4CC4)CC3)C2)cs1. The van der Waals surface area contributed by atoms with Crippen molar-refractivity contribution < 1.29 is 9.59 Å². The third kappa shape index (κ3) is 4.69. The lowest BCUT2D eigenvalue weighted by atomic mass is 9.93. The lowest BCUT2D eigenvalue weighted by Gasteiger charge is -2.42. The summed E-state index contributed by atoms with van der Waals surface area (Å²) >= 11 is 1.62. The second-order valence-corrected chi connectivity index (χ2v) is 9.30. The van der Waals surface area contributed by atoms with E-state index in [2.05, 4.69) is 20.1 Å². The van der Waals surface area contributed by atoms with Gasteiger partial charge in [-0.25, -0.2) is 4.98 Å². The molecule has 4 rings (SSSR count). The fraction of sp³-hybridized carbons (Fsp3) is 0.750. The Bertz CT molecular complexity index is 679. The Kier molecular flexibility index (Phi) is 5.78. The van der Waals surface area contributed by atoms with Crippen molar-refractivity contribution in [1.29, 1.82) is 0 Å². The van der Waals surface area contributed by atoms with Crippen molar-refractivity contribution in [2.24, 2.45) is 11.8 Å². The third-order valence-corrected chi connectivity index (χ3v) is 6.98. The number of aryl methyl sites for hydroxylation is 1. The number of thiazole rings is 1. The van der Waals surface area contributed by atoms with Gasteiger partial charge in [-0.05, 0) is 52.0 Å². The van der Waals surface area contributed by atoms with Crippen LogP contribution in [-0.2, 0) is 16.1 Å². The molecule has 7 heteroatoms.